The number of hydrogen-bond acceptors (Lipinski definition) is 2. The number of nitrogens with zero attached hydrogens (tertiary/aromatic N) is 1. The van der Waals surface area contributed by atoms with Gasteiger partial charge in [-0.25, -0.2) is 0 Å². The molecular weight excluding hydrogens is 208 g/mol. The first-order valence-electron chi connectivity index (χ1n) is 7.64. The van der Waals surface area contributed by atoms with E-state index in [9.17, 15) is 0 Å². The van der Waals surface area contributed by atoms with E-state index in [1.807, 2.05) is 0 Å². The van der Waals surface area contributed by atoms with Gasteiger partial charge in [0.2, 0.25) is 0 Å². The molecule has 1 unspecified atom stereocenters. The van der Waals surface area contributed by atoms with Crippen LogP contribution in [0.25, 0.3) is 0 Å². The lowest BCUT2D eigenvalue weighted by Gasteiger charge is -2.62. The summed E-state index contributed by atoms with van der Waals surface area (Å²) in [5, 5.41) is 0. The minimum absolute atomic E-state index is 0.464. The van der Waals surface area contributed by atoms with Crippen molar-refractivity contribution < 1.29 is 0 Å². The molecule has 2 N–H and O–H groups in total. The lowest BCUT2D eigenvalue weighted by atomic mass is 9.47. The van der Waals surface area contributed by atoms with E-state index in [0.717, 1.165) is 36.9 Å². The lowest BCUT2D eigenvalue weighted by Crippen LogP contribution is -2.64. The molecule has 2 nitrogen and oxygen atoms in total. The third-order valence-electron chi connectivity index (χ3n) is 6.46. The molecule has 1 heterocycles. The third kappa shape index (κ3) is 1.53. The van der Waals surface area contributed by atoms with Gasteiger partial charge in [0.15, 0.2) is 0 Å². The van der Waals surface area contributed by atoms with Crippen LogP contribution in [0.15, 0.2) is 0 Å². The topological polar surface area (TPSA) is 29.3 Å². The summed E-state index contributed by atoms with van der Waals surface area (Å²) >= 11 is 0. The van der Waals surface area contributed by atoms with E-state index >= 15 is 0 Å². The molecule has 0 aromatic rings. The fourth-order valence-corrected chi connectivity index (χ4v) is 5.94. The van der Waals surface area contributed by atoms with E-state index in [1.165, 1.54) is 19.3 Å². The molecule has 0 aromatic carbocycles. The van der Waals surface area contributed by atoms with Gasteiger partial charge >= 0.3 is 0 Å². The predicted molar refractivity (Wildman–Crippen MR) is 69.6 cm³/mol. The van der Waals surface area contributed by atoms with Crippen molar-refractivity contribution in [3.05, 3.63) is 0 Å². The van der Waals surface area contributed by atoms with Gasteiger partial charge < -0.3 is 5.73 Å². The average molecular weight is 234 g/mol. The van der Waals surface area contributed by atoms with E-state index in [4.69, 9.17) is 5.73 Å². The number of likely N-dealkylation sites (tertiary alicyclic amines) is 1. The molecule has 1 atom stereocenters. The highest BCUT2D eigenvalue weighted by Gasteiger charge is 2.54. The first kappa shape index (κ1) is 10.8. The Bertz CT molecular complexity index is 284. The van der Waals surface area contributed by atoms with E-state index in [-0.39, 0.29) is 0 Å². The van der Waals surface area contributed by atoms with Gasteiger partial charge in [0.25, 0.3) is 0 Å². The summed E-state index contributed by atoms with van der Waals surface area (Å²) in [4.78, 5) is 2.66. The monoisotopic (exact) mass is 234 g/mol. The van der Waals surface area contributed by atoms with Crippen molar-refractivity contribution in [1.29, 1.82) is 0 Å². The van der Waals surface area contributed by atoms with Crippen LogP contribution in [-0.4, -0.2) is 30.1 Å². The van der Waals surface area contributed by atoms with E-state index < -0.39 is 0 Å². The van der Waals surface area contributed by atoms with Crippen molar-refractivity contribution in [1.82, 2.24) is 4.90 Å². The van der Waals surface area contributed by atoms with Crippen molar-refractivity contribution >= 4 is 0 Å². The Kier molecular flexibility index (Phi) is 2.21. The Labute approximate surface area is 105 Å². The number of rotatable bonds is 2. The highest BCUT2D eigenvalue weighted by Crippen LogP contribution is 2.62. The molecule has 4 saturated carbocycles. The molecular formula is C15H26N2. The molecule has 5 fully saturated rings. The van der Waals surface area contributed by atoms with Crippen LogP contribution in [0.3, 0.4) is 0 Å². The third-order valence-corrected chi connectivity index (χ3v) is 6.46. The fraction of sp³-hybridized carbons (Fsp3) is 1.00. The Morgan fingerprint density at radius 2 is 1.47 bits per heavy atom. The summed E-state index contributed by atoms with van der Waals surface area (Å²) in [5.74, 6) is 3.25. The van der Waals surface area contributed by atoms with Crippen molar-refractivity contribution in [2.75, 3.05) is 13.1 Å². The first-order valence-corrected chi connectivity index (χ1v) is 7.64. The molecule has 4 aliphatic carbocycles. The number of hydrogen-bond donors (Lipinski definition) is 1. The molecule has 4 bridgehead atoms. The van der Waals surface area contributed by atoms with E-state index in [1.54, 1.807) is 19.3 Å². The first-order chi connectivity index (χ1) is 8.14. The second-order valence-corrected chi connectivity index (χ2v) is 7.67. The molecule has 0 amide bonds. The van der Waals surface area contributed by atoms with Gasteiger partial charge in [-0.1, -0.05) is 0 Å². The van der Waals surface area contributed by atoms with Crippen LogP contribution in [-0.2, 0) is 0 Å². The Hall–Kier alpha value is -0.0800. The molecule has 0 spiro atoms. The Morgan fingerprint density at radius 1 is 1.00 bits per heavy atom. The second kappa shape index (κ2) is 3.48. The van der Waals surface area contributed by atoms with Crippen LogP contribution >= 0.6 is 0 Å². The zero-order valence-electron chi connectivity index (χ0n) is 11.1. The van der Waals surface area contributed by atoms with Gasteiger partial charge in [-0.15, -0.1) is 0 Å². The standard InChI is InChI=1S/C15H26N2/c1-10(17-8-14(16)9-17)15-5-11-2-12(6-15)4-13(3-11)7-15/h10-14H,2-9,16H2,1H3. The van der Waals surface area contributed by atoms with Gasteiger partial charge in [-0.2, -0.15) is 0 Å². The summed E-state index contributed by atoms with van der Waals surface area (Å²) in [5.41, 5.74) is 6.65. The lowest BCUT2D eigenvalue weighted by molar-refractivity contribution is -0.109. The molecule has 5 aliphatic rings. The van der Waals surface area contributed by atoms with Crippen LogP contribution < -0.4 is 5.73 Å². The molecule has 1 aliphatic heterocycles. The molecule has 96 valence electrons. The Balaban J connectivity index is 1.55. The van der Waals surface area contributed by atoms with E-state index in [2.05, 4.69) is 11.8 Å². The maximum atomic E-state index is 5.96. The van der Waals surface area contributed by atoms with Crippen LogP contribution in [0.4, 0.5) is 0 Å². The normalized spacial score (nSPS) is 51.5. The summed E-state index contributed by atoms with van der Waals surface area (Å²) in [7, 11) is 0. The molecule has 5 rings (SSSR count). The van der Waals surface area contributed by atoms with Gasteiger partial charge in [0, 0.05) is 25.2 Å². The highest BCUT2D eigenvalue weighted by molar-refractivity contribution is 5.07. The van der Waals surface area contributed by atoms with Crippen LogP contribution in [0.1, 0.15) is 45.4 Å². The summed E-state index contributed by atoms with van der Waals surface area (Å²) in [6.45, 7) is 4.81. The molecule has 17 heavy (non-hydrogen) atoms. The molecule has 0 radical (unpaired) electrons. The van der Waals surface area contributed by atoms with Crippen LogP contribution in [0.5, 0.6) is 0 Å². The summed E-state index contributed by atoms with van der Waals surface area (Å²) in [6, 6.07) is 1.27. The number of nitrogens with two attached hydrogens (primary N) is 1. The Morgan fingerprint density at radius 3 is 1.88 bits per heavy atom. The summed E-state index contributed by atoms with van der Waals surface area (Å²) < 4.78 is 0. The van der Waals surface area contributed by atoms with Crippen molar-refractivity contribution in [3.8, 4) is 0 Å². The SMILES string of the molecule is CC(N1CC(N)C1)C12CC3CC(CC(C3)C1)C2. The predicted octanol–water partition coefficient (Wildman–Crippen LogP) is 2.23. The minimum Gasteiger partial charge on any atom is -0.325 e. The maximum Gasteiger partial charge on any atom is 0.0297 e. The summed E-state index contributed by atoms with van der Waals surface area (Å²) in [6.07, 6.45) is 9.28. The molecule has 0 aromatic heterocycles. The van der Waals surface area contributed by atoms with Gasteiger partial charge in [0.05, 0.1) is 0 Å². The highest BCUT2D eigenvalue weighted by atomic mass is 15.2. The largest absolute Gasteiger partial charge is 0.325 e. The average Bonchev–Trinajstić information content (AvgIpc) is 2.22. The minimum atomic E-state index is 0.464. The van der Waals surface area contributed by atoms with Crippen molar-refractivity contribution in [2.24, 2.45) is 28.9 Å². The van der Waals surface area contributed by atoms with Crippen LogP contribution in [0.2, 0.25) is 0 Å². The van der Waals surface area contributed by atoms with Gasteiger partial charge in [-0.3, -0.25) is 4.90 Å². The quantitative estimate of drug-likeness (QED) is 0.794. The van der Waals surface area contributed by atoms with Crippen LogP contribution in [0, 0.1) is 23.2 Å². The van der Waals surface area contributed by atoms with E-state index in [0.29, 0.717) is 11.5 Å². The fourth-order valence-electron chi connectivity index (χ4n) is 5.94. The zero-order valence-corrected chi connectivity index (χ0v) is 11.1. The van der Waals surface area contributed by atoms with Crippen molar-refractivity contribution in [3.63, 3.8) is 0 Å². The smallest absolute Gasteiger partial charge is 0.0297 e. The van der Waals surface area contributed by atoms with Gasteiger partial charge in [-0.05, 0) is 68.6 Å². The second-order valence-electron chi connectivity index (χ2n) is 7.67. The van der Waals surface area contributed by atoms with Crippen molar-refractivity contribution in [2.45, 2.75) is 57.5 Å². The molecule has 2 heteroatoms. The zero-order chi connectivity index (χ0) is 11.6. The molecule has 1 saturated heterocycles. The van der Waals surface area contributed by atoms with Gasteiger partial charge in [0.1, 0.15) is 0 Å². The maximum absolute atomic E-state index is 5.96.